The Balaban J connectivity index is 2.12. The Morgan fingerprint density at radius 2 is 1.54 bits per heavy atom. The van der Waals surface area contributed by atoms with Crippen LogP contribution in [0.2, 0.25) is 15.1 Å². The highest BCUT2D eigenvalue weighted by Gasteiger charge is 2.35. The van der Waals surface area contributed by atoms with Gasteiger partial charge in [-0.2, -0.15) is 0 Å². The fourth-order valence-corrected chi connectivity index (χ4v) is 6.59. The predicted octanol–water partition coefficient (Wildman–Crippen LogP) is 6.87. The zero-order chi connectivity index (χ0) is 30.3. The maximum absolute atomic E-state index is 14.2. The highest BCUT2D eigenvalue weighted by molar-refractivity contribution is 7.92. The van der Waals surface area contributed by atoms with Crippen LogP contribution in [0.5, 0.6) is 0 Å². The fraction of sp³-hybridized carbons (Fsp3) is 0.333. The molecule has 0 spiro atoms. The first-order valence-electron chi connectivity index (χ1n) is 13.3. The van der Waals surface area contributed by atoms with Crippen LogP contribution < -0.4 is 9.62 Å². The summed E-state index contributed by atoms with van der Waals surface area (Å²) >= 11 is 19.1. The van der Waals surface area contributed by atoms with Gasteiger partial charge in [-0.05, 0) is 74.7 Å². The zero-order valence-corrected chi connectivity index (χ0v) is 26.5. The lowest BCUT2D eigenvalue weighted by atomic mass is 10.1. The highest BCUT2D eigenvalue weighted by Crippen LogP contribution is 2.31. The Morgan fingerprint density at radius 1 is 0.902 bits per heavy atom. The van der Waals surface area contributed by atoms with Crippen molar-refractivity contribution in [2.24, 2.45) is 0 Å². The van der Waals surface area contributed by atoms with Crippen LogP contribution >= 0.6 is 34.8 Å². The fourth-order valence-electron chi connectivity index (χ4n) is 4.35. The van der Waals surface area contributed by atoms with E-state index in [1.807, 2.05) is 13.8 Å². The average Bonchev–Trinajstić information content (AvgIpc) is 2.93. The number of anilines is 1. The van der Waals surface area contributed by atoms with Gasteiger partial charge in [0.2, 0.25) is 11.8 Å². The number of carbonyl (C=O) groups excluding carboxylic acids is 2. The Hall–Kier alpha value is -2.78. The molecule has 41 heavy (non-hydrogen) atoms. The summed E-state index contributed by atoms with van der Waals surface area (Å²) in [4.78, 5) is 29.0. The van der Waals surface area contributed by atoms with E-state index in [4.69, 9.17) is 34.8 Å². The van der Waals surface area contributed by atoms with Crippen molar-refractivity contribution in [1.82, 2.24) is 10.2 Å². The lowest BCUT2D eigenvalue weighted by Gasteiger charge is -2.34. The molecule has 0 heterocycles. The number of hydrogen-bond acceptors (Lipinski definition) is 4. The van der Waals surface area contributed by atoms with E-state index in [9.17, 15) is 18.0 Å². The zero-order valence-electron chi connectivity index (χ0n) is 23.4. The van der Waals surface area contributed by atoms with Gasteiger partial charge in [-0.25, -0.2) is 8.42 Å². The number of nitrogens with one attached hydrogen (secondary N) is 1. The molecule has 0 aliphatic rings. The molecule has 0 aliphatic carbocycles. The molecular weight excluding hydrogens is 605 g/mol. The van der Waals surface area contributed by atoms with Crippen molar-refractivity contribution in [3.8, 4) is 0 Å². The summed E-state index contributed by atoms with van der Waals surface area (Å²) in [5.74, 6) is -0.945. The standard InChI is InChI=1S/C30H34Cl3N3O4S/c1-5-21(4)34-30(38)27(6-2)35(18-24-25(32)13-10-14-26(24)33)29(37)19-36(28-16-15-22(31)17-20(28)3)41(39,40)23-11-8-7-9-12-23/h7-17,21,27H,5-6,18-19H2,1-4H3,(H,34,38)/t21-,27-/m0/s1. The van der Waals surface area contributed by atoms with E-state index in [1.54, 1.807) is 68.4 Å². The molecule has 0 saturated heterocycles. The van der Waals surface area contributed by atoms with E-state index in [0.29, 0.717) is 38.3 Å². The van der Waals surface area contributed by atoms with Crippen LogP contribution in [0, 0.1) is 6.92 Å². The van der Waals surface area contributed by atoms with E-state index < -0.39 is 28.5 Å². The molecular formula is C30H34Cl3N3O4S. The molecule has 0 unspecified atom stereocenters. The van der Waals surface area contributed by atoms with Gasteiger partial charge in [-0.3, -0.25) is 13.9 Å². The quantitative estimate of drug-likeness (QED) is 0.235. The molecule has 2 amide bonds. The molecule has 3 rings (SSSR count). The Kier molecular flexibility index (Phi) is 11.5. The first kappa shape index (κ1) is 32.7. The Bertz CT molecular complexity index is 1470. The van der Waals surface area contributed by atoms with Crippen LogP contribution in [0.15, 0.2) is 71.6 Å². The van der Waals surface area contributed by atoms with Gasteiger partial charge in [0.05, 0.1) is 10.6 Å². The second-order valence-electron chi connectivity index (χ2n) is 9.72. The van der Waals surface area contributed by atoms with Crippen LogP contribution in [-0.4, -0.2) is 43.8 Å². The molecule has 0 fully saturated rings. The molecule has 11 heteroatoms. The van der Waals surface area contributed by atoms with E-state index >= 15 is 0 Å². The largest absolute Gasteiger partial charge is 0.352 e. The summed E-state index contributed by atoms with van der Waals surface area (Å²) in [6.07, 6.45) is 0.979. The van der Waals surface area contributed by atoms with Crippen molar-refractivity contribution in [2.75, 3.05) is 10.8 Å². The summed E-state index contributed by atoms with van der Waals surface area (Å²) in [7, 11) is -4.19. The highest BCUT2D eigenvalue weighted by atomic mass is 35.5. The molecule has 0 saturated carbocycles. The number of halogens is 3. The SMILES string of the molecule is CC[C@H](C)NC(=O)[C@H](CC)N(Cc1c(Cl)cccc1Cl)C(=O)CN(c1ccc(Cl)cc1C)S(=O)(=O)c1ccccc1. The minimum absolute atomic E-state index is 0.0180. The van der Waals surface area contributed by atoms with Gasteiger partial charge >= 0.3 is 0 Å². The Labute approximate surface area is 257 Å². The van der Waals surface area contributed by atoms with Crippen molar-refractivity contribution >= 4 is 62.3 Å². The minimum Gasteiger partial charge on any atom is -0.352 e. The molecule has 2 atom stereocenters. The average molecular weight is 639 g/mol. The van der Waals surface area contributed by atoms with Crippen molar-refractivity contribution < 1.29 is 18.0 Å². The van der Waals surface area contributed by atoms with Gasteiger partial charge in [-0.15, -0.1) is 0 Å². The van der Waals surface area contributed by atoms with Gasteiger partial charge in [-0.1, -0.05) is 72.9 Å². The topological polar surface area (TPSA) is 86.8 Å². The molecule has 1 N–H and O–H groups in total. The number of sulfonamides is 1. The first-order valence-corrected chi connectivity index (χ1v) is 15.8. The predicted molar refractivity (Wildman–Crippen MR) is 166 cm³/mol. The number of carbonyl (C=O) groups is 2. The molecule has 7 nitrogen and oxygen atoms in total. The number of benzene rings is 3. The van der Waals surface area contributed by atoms with Crippen LogP contribution in [0.3, 0.4) is 0 Å². The van der Waals surface area contributed by atoms with Crippen LogP contribution in [-0.2, 0) is 26.2 Å². The van der Waals surface area contributed by atoms with Crippen LogP contribution in [0.25, 0.3) is 0 Å². The van der Waals surface area contributed by atoms with Crippen molar-refractivity contribution in [3.63, 3.8) is 0 Å². The van der Waals surface area contributed by atoms with E-state index in [2.05, 4.69) is 5.32 Å². The number of nitrogens with zero attached hydrogens (tertiary/aromatic N) is 2. The second-order valence-corrected chi connectivity index (χ2v) is 12.8. The summed E-state index contributed by atoms with van der Waals surface area (Å²) < 4.78 is 29.0. The monoisotopic (exact) mass is 637 g/mol. The van der Waals surface area contributed by atoms with Crippen molar-refractivity contribution in [2.45, 2.75) is 64.1 Å². The van der Waals surface area contributed by atoms with E-state index in [-0.39, 0.29) is 29.8 Å². The Morgan fingerprint density at radius 3 is 2.10 bits per heavy atom. The number of amides is 2. The third kappa shape index (κ3) is 7.95. The van der Waals surface area contributed by atoms with Gasteiger partial charge in [0.15, 0.2) is 0 Å². The van der Waals surface area contributed by atoms with Crippen LogP contribution in [0.4, 0.5) is 5.69 Å². The van der Waals surface area contributed by atoms with Gasteiger partial charge < -0.3 is 10.2 Å². The van der Waals surface area contributed by atoms with Crippen molar-refractivity contribution in [3.05, 3.63) is 92.9 Å². The molecule has 0 aliphatic heterocycles. The third-order valence-corrected chi connectivity index (χ3v) is 9.53. The minimum atomic E-state index is -4.19. The number of aryl methyl sites for hydroxylation is 1. The van der Waals surface area contributed by atoms with E-state index in [1.165, 1.54) is 17.0 Å². The smallest absolute Gasteiger partial charge is 0.264 e. The van der Waals surface area contributed by atoms with Crippen molar-refractivity contribution in [1.29, 1.82) is 0 Å². The summed E-state index contributed by atoms with van der Waals surface area (Å²) in [6.45, 7) is 6.65. The van der Waals surface area contributed by atoms with Gasteiger partial charge in [0, 0.05) is 33.2 Å². The van der Waals surface area contributed by atoms with E-state index in [0.717, 1.165) is 4.31 Å². The number of rotatable bonds is 12. The maximum atomic E-state index is 14.2. The lowest BCUT2D eigenvalue weighted by molar-refractivity contribution is -0.140. The van der Waals surface area contributed by atoms with Crippen LogP contribution in [0.1, 0.15) is 44.7 Å². The molecule has 3 aromatic carbocycles. The van der Waals surface area contributed by atoms with Gasteiger partial charge in [0.1, 0.15) is 12.6 Å². The first-order chi connectivity index (χ1) is 19.4. The second kappa shape index (κ2) is 14.4. The number of hydrogen-bond donors (Lipinski definition) is 1. The lowest BCUT2D eigenvalue weighted by Crippen LogP contribution is -2.53. The molecule has 0 bridgehead atoms. The van der Waals surface area contributed by atoms with Gasteiger partial charge in [0.25, 0.3) is 10.0 Å². The maximum Gasteiger partial charge on any atom is 0.264 e. The summed E-state index contributed by atoms with van der Waals surface area (Å²) in [5.41, 5.74) is 1.31. The third-order valence-electron chi connectivity index (χ3n) is 6.81. The molecule has 3 aromatic rings. The summed E-state index contributed by atoms with van der Waals surface area (Å²) in [5, 5.41) is 4.03. The summed E-state index contributed by atoms with van der Waals surface area (Å²) in [6, 6.07) is 16.6. The molecule has 0 aromatic heterocycles. The normalized spacial score (nSPS) is 12.9. The molecule has 0 radical (unpaired) electrons. The molecule has 220 valence electrons.